The van der Waals surface area contributed by atoms with Crippen LogP contribution < -0.4 is 5.56 Å². The lowest BCUT2D eigenvalue weighted by molar-refractivity contribution is 0.0998. The quantitative estimate of drug-likeness (QED) is 0.737. The van der Waals surface area contributed by atoms with Crippen molar-refractivity contribution in [3.63, 3.8) is 0 Å². The summed E-state index contributed by atoms with van der Waals surface area (Å²) in [7, 11) is 0. The predicted molar refractivity (Wildman–Crippen MR) is 56.5 cm³/mol. The van der Waals surface area contributed by atoms with Gasteiger partial charge in [-0.2, -0.15) is 4.98 Å². The van der Waals surface area contributed by atoms with Crippen molar-refractivity contribution in [2.75, 3.05) is 0 Å². The van der Waals surface area contributed by atoms with Crippen molar-refractivity contribution in [1.82, 2.24) is 9.97 Å². The van der Waals surface area contributed by atoms with E-state index in [1.54, 1.807) is 6.92 Å². The molecule has 0 radical (unpaired) electrons. The molecule has 0 aliphatic carbocycles. The molecule has 2 bridgehead atoms. The van der Waals surface area contributed by atoms with E-state index in [1.165, 1.54) is 0 Å². The molecule has 3 unspecified atom stereocenters. The third-order valence-electron chi connectivity index (χ3n) is 3.60. The monoisotopic (exact) mass is 222 g/mol. The van der Waals surface area contributed by atoms with E-state index in [-0.39, 0.29) is 29.0 Å². The van der Waals surface area contributed by atoms with E-state index < -0.39 is 0 Å². The number of H-pyrrole nitrogens is 1. The first-order chi connectivity index (χ1) is 7.65. The number of fused-ring (bicyclic) bond motifs is 2. The molecule has 3 rings (SSSR count). The van der Waals surface area contributed by atoms with Crippen molar-refractivity contribution < 1.29 is 9.84 Å². The molecule has 2 aliphatic rings. The Bertz CT molecular complexity index is 483. The number of rotatable bonds is 1. The fraction of sp³-hybridized carbons (Fsp3) is 0.636. The number of aromatic amines is 1. The molecule has 3 heterocycles. The Morgan fingerprint density at radius 2 is 2.31 bits per heavy atom. The predicted octanol–water partition coefficient (Wildman–Crippen LogP) is 0.819. The van der Waals surface area contributed by atoms with Crippen LogP contribution in [0.3, 0.4) is 0 Å². The Balaban J connectivity index is 1.99. The summed E-state index contributed by atoms with van der Waals surface area (Å²) in [6.07, 6.45) is 3.49. The van der Waals surface area contributed by atoms with Crippen molar-refractivity contribution in [3.8, 4) is 5.88 Å². The SMILES string of the molecule is Cc1c(O)nc(C2CC3CCC2O3)[nH]c1=O. The lowest BCUT2D eigenvalue weighted by Gasteiger charge is -2.17. The van der Waals surface area contributed by atoms with Crippen molar-refractivity contribution in [2.45, 2.75) is 44.3 Å². The summed E-state index contributed by atoms with van der Waals surface area (Å²) >= 11 is 0. The summed E-state index contributed by atoms with van der Waals surface area (Å²) in [6, 6.07) is 0. The normalized spacial score (nSPS) is 32.2. The molecule has 16 heavy (non-hydrogen) atoms. The van der Waals surface area contributed by atoms with Gasteiger partial charge in [0.25, 0.3) is 5.56 Å². The van der Waals surface area contributed by atoms with Crippen LogP contribution in [0.2, 0.25) is 0 Å². The second-order valence-electron chi connectivity index (χ2n) is 4.62. The zero-order chi connectivity index (χ0) is 11.3. The van der Waals surface area contributed by atoms with E-state index in [0.29, 0.717) is 11.9 Å². The number of nitrogens with one attached hydrogen (secondary N) is 1. The molecular weight excluding hydrogens is 208 g/mol. The number of hydrogen-bond acceptors (Lipinski definition) is 4. The van der Waals surface area contributed by atoms with E-state index in [1.807, 2.05) is 0 Å². The molecule has 1 aromatic heterocycles. The second-order valence-corrected chi connectivity index (χ2v) is 4.62. The van der Waals surface area contributed by atoms with Gasteiger partial charge in [-0.3, -0.25) is 4.79 Å². The fourth-order valence-corrected chi connectivity index (χ4v) is 2.64. The molecule has 5 nitrogen and oxygen atoms in total. The number of aromatic nitrogens is 2. The van der Waals surface area contributed by atoms with Gasteiger partial charge in [-0.15, -0.1) is 0 Å². The maximum absolute atomic E-state index is 11.5. The minimum atomic E-state index is -0.259. The molecule has 86 valence electrons. The smallest absolute Gasteiger partial charge is 0.257 e. The zero-order valence-corrected chi connectivity index (χ0v) is 9.06. The van der Waals surface area contributed by atoms with E-state index in [9.17, 15) is 9.90 Å². The van der Waals surface area contributed by atoms with E-state index in [4.69, 9.17) is 4.74 Å². The van der Waals surface area contributed by atoms with Crippen LogP contribution in [0.15, 0.2) is 4.79 Å². The summed E-state index contributed by atoms with van der Waals surface area (Å²) in [4.78, 5) is 18.3. The summed E-state index contributed by atoms with van der Waals surface area (Å²) in [5.41, 5.74) is 0.0121. The molecule has 1 aromatic rings. The molecule has 0 aromatic carbocycles. The molecule has 2 saturated heterocycles. The minimum absolute atomic E-state index is 0.137. The van der Waals surface area contributed by atoms with Crippen LogP contribution in [0.1, 0.15) is 36.6 Å². The standard InChI is InChI=1S/C11H14N2O3/c1-5-10(14)12-9(13-11(5)15)7-4-6-2-3-8(7)16-6/h6-8H,2-4H2,1H3,(H2,12,13,14,15). The van der Waals surface area contributed by atoms with Gasteiger partial charge in [-0.05, 0) is 26.2 Å². The summed E-state index contributed by atoms with van der Waals surface area (Å²) in [5.74, 6) is 0.541. The Morgan fingerprint density at radius 3 is 2.88 bits per heavy atom. The Morgan fingerprint density at radius 1 is 1.50 bits per heavy atom. The average molecular weight is 222 g/mol. The number of nitrogens with zero attached hydrogens (tertiary/aromatic N) is 1. The van der Waals surface area contributed by atoms with Crippen LogP contribution in [0, 0.1) is 6.92 Å². The van der Waals surface area contributed by atoms with Gasteiger partial charge in [0.2, 0.25) is 5.88 Å². The number of hydrogen-bond donors (Lipinski definition) is 2. The molecule has 0 spiro atoms. The van der Waals surface area contributed by atoms with Gasteiger partial charge >= 0.3 is 0 Å². The van der Waals surface area contributed by atoms with Gasteiger partial charge in [-0.1, -0.05) is 0 Å². The van der Waals surface area contributed by atoms with Gasteiger partial charge in [0.15, 0.2) is 0 Å². The van der Waals surface area contributed by atoms with Gasteiger partial charge in [0.1, 0.15) is 5.82 Å². The highest BCUT2D eigenvalue weighted by Gasteiger charge is 2.42. The summed E-state index contributed by atoms with van der Waals surface area (Å²) in [5, 5.41) is 9.54. The number of aromatic hydroxyl groups is 1. The van der Waals surface area contributed by atoms with Gasteiger partial charge < -0.3 is 14.8 Å². The van der Waals surface area contributed by atoms with E-state index in [0.717, 1.165) is 19.3 Å². The fourth-order valence-electron chi connectivity index (χ4n) is 2.64. The minimum Gasteiger partial charge on any atom is -0.493 e. The lowest BCUT2D eigenvalue weighted by Crippen LogP contribution is -2.22. The highest BCUT2D eigenvalue weighted by Crippen LogP contribution is 2.43. The van der Waals surface area contributed by atoms with Crippen LogP contribution in [-0.2, 0) is 4.74 Å². The molecule has 0 saturated carbocycles. The third kappa shape index (κ3) is 1.35. The first-order valence-corrected chi connectivity index (χ1v) is 5.60. The van der Waals surface area contributed by atoms with Crippen molar-refractivity contribution in [2.24, 2.45) is 0 Å². The van der Waals surface area contributed by atoms with E-state index >= 15 is 0 Å². The highest BCUT2D eigenvalue weighted by atomic mass is 16.5. The highest BCUT2D eigenvalue weighted by molar-refractivity contribution is 5.22. The molecular formula is C11H14N2O3. The Hall–Kier alpha value is -1.36. The zero-order valence-electron chi connectivity index (χ0n) is 9.06. The first-order valence-electron chi connectivity index (χ1n) is 5.60. The topological polar surface area (TPSA) is 75.2 Å². The number of ether oxygens (including phenoxy) is 1. The van der Waals surface area contributed by atoms with Crippen molar-refractivity contribution in [3.05, 3.63) is 21.7 Å². The van der Waals surface area contributed by atoms with Crippen molar-refractivity contribution >= 4 is 0 Å². The largest absolute Gasteiger partial charge is 0.493 e. The van der Waals surface area contributed by atoms with Gasteiger partial charge in [0.05, 0.1) is 17.8 Å². The molecule has 2 fully saturated rings. The lowest BCUT2D eigenvalue weighted by atomic mass is 9.88. The average Bonchev–Trinajstić information content (AvgIpc) is 2.86. The van der Waals surface area contributed by atoms with Crippen molar-refractivity contribution in [1.29, 1.82) is 0 Å². The summed E-state index contributed by atoms with van der Waals surface area (Å²) < 4.78 is 5.71. The van der Waals surface area contributed by atoms with Crippen LogP contribution in [0.5, 0.6) is 5.88 Å². The van der Waals surface area contributed by atoms with Gasteiger partial charge in [0, 0.05) is 5.92 Å². The van der Waals surface area contributed by atoms with Crippen LogP contribution in [0.4, 0.5) is 0 Å². The maximum atomic E-state index is 11.5. The van der Waals surface area contributed by atoms with Crippen LogP contribution in [0.25, 0.3) is 0 Å². The van der Waals surface area contributed by atoms with Crippen LogP contribution >= 0.6 is 0 Å². The third-order valence-corrected chi connectivity index (χ3v) is 3.60. The maximum Gasteiger partial charge on any atom is 0.257 e. The second kappa shape index (κ2) is 3.31. The van der Waals surface area contributed by atoms with Gasteiger partial charge in [-0.25, -0.2) is 0 Å². The molecule has 0 amide bonds. The molecule has 3 atom stereocenters. The van der Waals surface area contributed by atoms with Crippen LogP contribution in [-0.4, -0.2) is 27.3 Å². The van der Waals surface area contributed by atoms with E-state index in [2.05, 4.69) is 9.97 Å². The Labute approximate surface area is 92.5 Å². The summed E-state index contributed by atoms with van der Waals surface area (Å²) in [6.45, 7) is 1.56. The molecule has 5 heteroatoms. The first kappa shape index (κ1) is 9.84. The molecule has 2 N–H and O–H groups in total. The molecule has 2 aliphatic heterocycles. The Kier molecular flexibility index (Phi) is 2.04.